The van der Waals surface area contributed by atoms with E-state index >= 15 is 0 Å². The lowest BCUT2D eigenvalue weighted by Gasteiger charge is -2.44. The van der Waals surface area contributed by atoms with Crippen molar-refractivity contribution < 1.29 is 4.39 Å². The van der Waals surface area contributed by atoms with Crippen molar-refractivity contribution in [2.75, 3.05) is 13.1 Å². The third-order valence-corrected chi connectivity index (χ3v) is 5.36. The molecule has 0 aliphatic carbocycles. The van der Waals surface area contributed by atoms with Crippen LogP contribution in [-0.2, 0) is 6.42 Å². The topological polar surface area (TPSA) is 29.3 Å². The smallest absolute Gasteiger partial charge is 0.137 e. The lowest BCUT2D eigenvalue weighted by molar-refractivity contribution is 0.0844. The lowest BCUT2D eigenvalue weighted by atomic mass is 9.84. The summed E-state index contributed by atoms with van der Waals surface area (Å²) in [4.78, 5) is 2.39. The number of rotatable bonds is 7. The molecule has 0 bridgehead atoms. The zero-order chi connectivity index (χ0) is 15.3. The Hall–Kier alpha value is -0.450. The summed E-state index contributed by atoms with van der Waals surface area (Å²) in [6.45, 7) is 10.6. The highest BCUT2D eigenvalue weighted by molar-refractivity contribution is 9.10. The fraction of sp³-hybridized carbons (Fsp3) is 0.625. The van der Waals surface area contributed by atoms with Crippen LogP contribution in [0, 0.1) is 5.82 Å². The van der Waals surface area contributed by atoms with Gasteiger partial charge in [-0.15, -0.1) is 0 Å². The third-order valence-electron chi connectivity index (χ3n) is 4.47. The molecular weight excluding hydrogens is 319 g/mol. The van der Waals surface area contributed by atoms with Gasteiger partial charge in [0.15, 0.2) is 0 Å². The first-order valence-electron chi connectivity index (χ1n) is 7.34. The molecule has 0 spiro atoms. The second kappa shape index (κ2) is 7.53. The van der Waals surface area contributed by atoms with Gasteiger partial charge in [-0.05, 0) is 60.4 Å². The van der Waals surface area contributed by atoms with Gasteiger partial charge in [0.2, 0.25) is 0 Å². The summed E-state index contributed by atoms with van der Waals surface area (Å²) in [5, 5.41) is 0. The Kier molecular flexibility index (Phi) is 6.62. The maximum absolute atomic E-state index is 13.6. The van der Waals surface area contributed by atoms with Crippen LogP contribution in [-0.4, -0.2) is 29.6 Å². The van der Waals surface area contributed by atoms with Crippen LogP contribution in [0.4, 0.5) is 4.39 Å². The van der Waals surface area contributed by atoms with E-state index in [1.54, 1.807) is 6.07 Å². The van der Waals surface area contributed by atoms with Crippen molar-refractivity contribution in [3.8, 4) is 0 Å². The number of hydrogen-bond donors (Lipinski definition) is 1. The highest BCUT2D eigenvalue weighted by atomic mass is 79.9. The lowest BCUT2D eigenvalue weighted by Crippen LogP contribution is -2.58. The molecule has 0 aliphatic rings. The molecule has 1 aromatic rings. The summed E-state index contributed by atoms with van der Waals surface area (Å²) in [5.74, 6) is -0.226. The molecule has 20 heavy (non-hydrogen) atoms. The van der Waals surface area contributed by atoms with Crippen LogP contribution in [0.1, 0.15) is 39.7 Å². The largest absolute Gasteiger partial charge is 0.326 e. The van der Waals surface area contributed by atoms with E-state index in [9.17, 15) is 4.39 Å². The van der Waals surface area contributed by atoms with Gasteiger partial charge < -0.3 is 5.73 Å². The molecule has 2 unspecified atom stereocenters. The Morgan fingerprint density at radius 1 is 1.30 bits per heavy atom. The molecule has 0 saturated heterocycles. The van der Waals surface area contributed by atoms with Gasteiger partial charge in [0.05, 0.1) is 4.47 Å². The maximum atomic E-state index is 13.6. The molecule has 2 atom stereocenters. The molecule has 2 nitrogen and oxygen atoms in total. The second-order valence-corrected chi connectivity index (χ2v) is 6.20. The zero-order valence-electron chi connectivity index (χ0n) is 12.9. The number of nitrogens with zero attached hydrogens (tertiary/aromatic N) is 1. The summed E-state index contributed by atoms with van der Waals surface area (Å²) in [6, 6.07) is 5.10. The molecule has 4 heteroatoms. The first kappa shape index (κ1) is 17.6. The van der Waals surface area contributed by atoms with E-state index in [1.165, 1.54) is 6.07 Å². The van der Waals surface area contributed by atoms with Gasteiger partial charge in [-0.25, -0.2) is 4.39 Å². The normalized spacial score (nSPS) is 16.2. The van der Waals surface area contributed by atoms with Gasteiger partial charge in [0.25, 0.3) is 0 Å². The highest BCUT2D eigenvalue weighted by Gasteiger charge is 2.34. The second-order valence-electron chi connectivity index (χ2n) is 5.41. The van der Waals surface area contributed by atoms with Gasteiger partial charge in [-0.3, -0.25) is 4.90 Å². The van der Waals surface area contributed by atoms with Crippen molar-refractivity contribution in [1.82, 2.24) is 4.90 Å². The molecule has 0 aliphatic heterocycles. The van der Waals surface area contributed by atoms with Gasteiger partial charge in [0, 0.05) is 11.6 Å². The first-order valence-corrected chi connectivity index (χ1v) is 8.13. The monoisotopic (exact) mass is 344 g/mol. The number of benzene rings is 1. The number of nitrogens with two attached hydrogens (primary N) is 1. The molecule has 0 fully saturated rings. The Morgan fingerprint density at radius 2 is 1.90 bits per heavy atom. The van der Waals surface area contributed by atoms with Crippen LogP contribution in [0.5, 0.6) is 0 Å². The minimum Gasteiger partial charge on any atom is -0.326 e. The summed E-state index contributed by atoms with van der Waals surface area (Å²) >= 11 is 3.32. The van der Waals surface area contributed by atoms with Crippen molar-refractivity contribution in [3.63, 3.8) is 0 Å². The first-order chi connectivity index (χ1) is 9.40. The fourth-order valence-corrected chi connectivity index (χ4v) is 3.26. The van der Waals surface area contributed by atoms with Gasteiger partial charge in [-0.2, -0.15) is 0 Å². The Morgan fingerprint density at radius 3 is 2.40 bits per heavy atom. The zero-order valence-corrected chi connectivity index (χ0v) is 14.5. The van der Waals surface area contributed by atoms with Crippen molar-refractivity contribution in [2.24, 2.45) is 5.73 Å². The Bertz CT molecular complexity index is 434. The van der Waals surface area contributed by atoms with Gasteiger partial charge in [-0.1, -0.05) is 32.9 Å². The molecule has 0 amide bonds. The fourth-order valence-electron chi connectivity index (χ4n) is 2.83. The van der Waals surface area contributed by atoms with Crippen LogP contribution < -0.4 is 5.73 Å². The molecule has 1 aromatic carbocycles. The van der Waals surface area contributed by atoms with Crippen molar-refractivity contribution in [2.45, 2.75) is 52.1 Å². The Balaban J connectivity index is 2.97. The van der Waals surface area contributed by atoms with Gasteiger partial charge >= 0.3 is 0 Å². The molecule has 1 rings (SSSR count). The standard InChI is InChI=1S/C16H26BrFN2/c1-5-16(4,20(6-2)7-3)14(19)11-12-9-8-10-13(18)15(12)17/h8-10,14H,5-7,11,19H2,1-4H3. The van der Waals surface area contributed by atoms with Crippen molar-refractivity contribution in [3.05, 3.63) is 34.1 Å². The average Bonchev–Trinajstić information content (AvgIpc) is 2.44. The average molecular weight is 345 g/mol. The summed E-state index contributed by atoms with van der Waals surface area (Å²) in [7, 11) is 0. The van der Waals surface area contributed by atoms with Crippen LogP contribution in [0.15, 0.2) is 22.7 Å². The predicted molar refractivity (Wildman–Crippen MR) is 87.4 cm³/mol. The van der Waals surface area contributed by atoms with Crippen LogP contribution in [0.25, 0.3) is 0 Å². The Labute approximate surface area is 130 Å². The predicted octanol–water partition coefficient (Wildman–Crippen LogP) is 3.97. The van der Waals surface area contributed by atoms with E-state index in [2.05, 4.69) is 48.5 Å². The molecule has 0 aromatic heterocycles. The molecule has 2 N–H and O–H groups in total. The SMILES string of the molecule is CCN(CC)C(C)(CC)C(N)Cc1cccc(F)c1Br. The van der Waals surface area contributed by atoms with E-state index in [1.807, 2.05) is 6.07 Å². The number of hydrogen-bond acceptors (Lipinski definition) is 2. The molecule has 0 radical (unpaired) electrons. The summed E-state index contributed by atoms with van der Waals surface area (Å²) in [6.07, 6.45) is 1.64. The van der Waals surface area contributed by atoms with Crippen LogP contribution in [0.2, 0.25) is 0 Å². The summed E-state index contributed by atoms with van der Waals surface area (Å²) < 4.78 is 14.1. The van der Waals surface area contributed by atoms with E-state index in [-0.39, 0.29) is 17.4 Å². The molecule has 114 valence electrons. The maximum Gasteiger partial charge on any atom is 0.137 e. The van der Waals surface area contributed by atoms with Crippen LogP contribution in [0.3, 0.4) is 0 Å². The number of halogens is 2. The molecule has 0 heterocycles. The van der Waals surface area contributed by atoms with E-state index < -0.39 is 0 Å². The van der Waals surface area contributed by atoms with E-state index in [0.29, 0.717) is 10.9 Å². The van der Waals surface area contributed by atoms with Crippen LogP contribution >= 0.6 is 15.9 Å². The molecular formula is C16H26BrFN2. The van der Waals surface area contributed by atoms with E-state index in [0.717, 1.165) is 25.1 Å². The van der Waals surface area contributed by atoms with Crippen molar-refractivity contribution >= 4 is 15.9 Å². The van der Waals surface area contributed by atoms with E-state index in [4.69, 9.17) is 5.73 Å². The minimum absolute atomic E-state index is 0.0366. The quantitative estimate of drug-likeness (QED) is 0.810. The molecule has 0 saturated carbocycles. The minimum atomic E-state index is -0.226. The van der Waals surface area contributed by atoms with Gasteiger partial charge in [0.1, 0.15) is 5.82 Å². The van der Waals surface area contributed by atoms with Crippen molar-refractivity contribution in [1.29, 1.82) is 0 Å². The third kappa shape index (κ3) is 3.60. The number of likely N-dealkylation sites (N-methyl/N-ethyl adjacent to an activating group) is 1. The highest BCUT2D eigenvalue weighted by Crippen LogP contribution is 2.28. The summed E-state index contributed by atoms with van der Waals surface area (Å²) in [5.41, 5.74) is 7.34.